The van der Waals surface area contributed by atoms with Crippen LogP contribution in [0.15, 0.2) is 35.0 Å². The van der Waals surface area contributed by atoms with Crippen LogP contribution in [0, 0.1) is 12.0 Å². The van der Waals surface area contributed by atoms with Crippen LogP contribution in [0.3, 0.4) is 0 Å². The number of benzene rings is 1. The first-order valence-electron chi connectivity index (χ1n) is 9.91. The Morgan fingerprint density at radius 3 is 2.30 bits per heavy atom. The number of rotatable bonds is 6. The summed E-state index contributed by atoms with van der Waals surface area (Å²) in [5.74, 6) is 1.59. The Morgan fingerprint density at radius 1 is 1.12 bits per heavy atom. The average molecular weight is 475 g/mol. The Kier molecular flexibility index (Phi) is 8.62. The van der Waals surface area contributed by atoms with E-state index < -0.39 is 30.4 Å². The van der Waals surface area contributed by atoms with E-state index >= 15 is 0 Å². The van der Waals surface area contributed by atoms with Crippen LogP contribution in [0.5, 0.6) is 0 Å². The second-order valence-corrected chi connectivity index (χ2v) is 7.40. The topological polar surface area (TPSA) is 106 Å². The van der Waals surface area contributed by atoms with Gasteiger partial charge in [-0.1, -0.05) is 0 Å². The molecule has 0 atom stereocenters. The molecular formula is C21H23F6N5O. The van der Waals surface area contributed by atoms with E-state index in [0.717, 1.165) is 18.5 Å². The van der Waals surface area contributed by atoms with Crippen molar-refractivity contribution in [1.82, 2.24) is 5.32 Å². The van der Waals surface area contributed by atoms with E-state index in [9.17, 15) is 31.1 Å². The first kappa shape index (κ1) is 25.9. The molecule has 6 nitrogen and oxygen atoms in total. The number of anilines is 1. The lowest BCUT2D eigenvalue weighted by Gasteiger charge is -2.30. The summed E-state index contributed by atoms with van der Waals surface area (Å²) in [5, 5.41) is 5.75. The second kappa shape index (κ2) is 11.0. The molecule has 1 aliphatic rings. The number of carbonyl (C=O) groups excluding carboxylic acids is 1. The van der Waals surface area contributed by atoms with Crippen molar-refractivity contribution in [2.24, 2.45) is 16.5 Å². The molecule has 1 aliphatic carbocycles. The highest BCUT2D eigenvalue weighted by atomic mass is 19.4. The zero-order valence-electron chi connectivity index (χ0n) is 17.4. The third kappa shape index (κ3) is 8.25. The number of hydrogen-bond acceptors (Lipinski definition) is 5. The molecule has 0 unspecified atom stereocenters. The second-order valence-electron chi connectivity index (χ2n) is 7.40. The first-order valence-corrected chi connectivity index (χ1v) is 9.91. The quantitative estimate of drug-likeness (QED) is 0.167. The van der Waals surface area contributed by atoms with E-state index in [4.69, 9.17) is 11.5 Å². The highest BCUT2D eigenvalue weighted by Gasteiger charge is 2.34. The van der Waals surface area contributed by atoms with E-state index in [-0.39, 0.29) is 28.9 Å². The monoisotopic (exact) mass is 475 g/mol. The zero-order chi connectivity index (χ0) is 24.6. The molecule has 180 valence electrons. The average Bonchev–Trinajstić information content (AvgIpc) is 2.72. The van der Waals surface area contributed by atoms with Crippen LogP contribution < -0.4 is 22.1 Å². The summed E-state index contributed by atoms with van der Waals surface area (Å²) in [7, 11) is 0. The molecular weight excluding hydrogens is 452 g/mol. The summed E-state index contributed by atoms with van der Waals surface area (Å²) in [6.07, 6.45) is -5.28. The van der Waals surface area contributed by atoms with Crippen LogP contribution in [0.4, 0.5) is 32.0 Å². The number of alkyl halides is 6. The summed E-state index contributed by atoms with van der Waals surface area (Å²) < 4.78 is 76.4. The highest BCUT2D eigenvalue weighted by molar-refractivity contribution is 6.12. The summed E-state index contributed by atoms with van der Waals surface area (Å²) in [5.41, 5.74) is 9.33. The van der Waals surface area contributed by atoms with Crippen molar-refractivity contribution < 1.29 is 31.1 Å². The van der Waals surface area contributed by atoms with Crippen molar-refractivity contribution in [3.8, 4) is 12.0 Å². The van der Waals surface area contributed by atoms with Gasteiger partial charge in [-0.05, 0) is 49.8 Å². The van der Waals surface area contributed by atoms with Gasteiger partial charge in [0, 0.05) is 41.8 Å². The lowest BCUT2D eigenvalue weighted by molar-refractivity contribution is -0.137. The van der Waals surface area contributed by atoms with Crippen molar-refractivity contribution >= 4 is 17.8 Å². The van der Waals surface area contributed by atoms with Crippen LogP contribution in [0.2, 0.25) is 0 Å². The van der Waals surface area contributed by atoms with Gasteiger partial charge in [0.15, 0.2) is 0 Å². The minimum absolute atomic E-state index is 0.122. The third-order valence-corrected chi connectivity index (χ3v) is 4.91. The van der Waals surface area contributed by atoms with Gasteiger partial charge in [-0.2, -0.15) is 26.3 Å². The van der Waals surface area contributed by atoms with Gasteiger partial charge in [-0.15, -0.1) is 0 Å². The van der Waals surface area contributed by atoms with Crippen molar-refractivity contribution in [3.05, 3.63) is 41.1 Å². The first-order chi connectivity index (χ1) is 15.4. The standard InChI is InChI=1S/C21H23F6N5O/c22-20(23,24)12-30-11-14(10-29)19(33)32-16-5-3-15(4-6-16)31-17-2-1-13(7-8-28)18(9-17)21(25,26)27/h1-2,9-11,15-16,31H,3-6,12,28-29H2,(H,32,33)/b14-10+,30-11?. The Bertz CT molecular complexity index is 951. The molecule has 6 N–H and O–H groups in total. The van der Waals surface area contributed by atoms with Crippen molar-refractivity contribution in [3.63, 3.8) is 0 Å². The molecule has 1 aromatic rings. The fraction of sp³-hybridized carbons (Fsp3) is 0.429. The van der Waals surface area contributed by atoms with Crippen LogP contribution in [0.25, 0.3) is 0 Å². The van der Waals surface area contributed by atoms with Crippen molar-refractivity contribution in [1.29, 1.82) is 0 Å². The predicted molar refractivity (Wildman–Crippen MR) is 112 cm³/mol. The summed E-state index contributed by atoms with van der Waals surface area (Å²) in [6, 6.07) is 5.31. The number of hydrogen-bond donors (Lipinski definition) is 4. The van der Waals surface area contributed by atoms with E-state index in [2.05, 4.69) is 21.5 Å². The van der Waals surface area contributed by atoms with Crippen LogP contribution in [0.1, 0.15) is 36.8 Å². The normalized spacial score (nSPS) is 19.6. The molecule has 0 spiro atoms. The van der Waals surface area contributed by atoms with Crippen LogP contribution in [-0.4, -0.2) is 36.9 Å². The van der Waals surface area contributed by atoms with Gasteiger partial charge in [-0.3, -0.25) is 9.79 Å². The molecule has 2 rings (SSSR count). The predicted octanol–water partition coefficient (Wildman–Crippen LogP) is 3.29. The van der Waals surface area contributed by atoms with E-state index in [1.54, 1.807) is 0 Å². The van der Waals surface area contributed by atoms with E-state index in [1.165, 1.54) is 12.1 Å². The maximum Gasteiger partial charge on any atom is 0.417 e. The smallest absolute Gasteiger partial charge is 0.404 e. The number of nitrogens with zero attached hydrogens (tertiary/aromatic N) is 1. The number of nitrogens with two attached hydrogens (primary N) is 2. The van der Waals surface area contributed by atoms with Gasteiger partial charge >= 0.3 is 12.4 Å². The fourth-order valence-corrected chi connectivity index (χ4v) is 3.37. The molecule has 0 aromatic heterocycles. The molecule has 1 aromatic carbocycles. The van der Waals surface area contributed by atoms with Crippen molar-refractivity contribution in [2.45, 2.75) is 50.1 Å². The molecule has 1 saturated carbocycles. The van der Waals surface area contributed by atoms with Gasteiger partial charge in [0.2, 0.25) is 0 Å². The van der Waals surface area contributed by atoms with Crippen LogP contribution >= 0.6 is 0 Å². The Hall–Kier alpha value is -3.36. The van der Waals surface area contributed by atoms with E-state index in [1.807, 2.05) is 6.04 Å². The zero-order valence-corrected chi connectivity index (χ0v) is 17.4. The number of halogens is 6. The fourth-order valence-electron chi connectivity index (χ4n) is 3.37. The number of nitrogens with one attached hydrogen (secondary N) is 2. The third-order valence-electron chi connectivity index (χ3n) is 4.91. The lowest BCUT2D eigenvalue weighted by Crippen LogP contribution is -2.41. The number of aliphatic imine (C=N–C) groups is 1. The van der Waals surface area contributed by atoms with Gasteiger partial charge in [0.25, 0.3) is 5.91 Å². The number of carbonyl (C=O) groups is 1. The molecule has 0 heterocycles. The van der Waals surface area contributed by atoms with Gasteiger partial charge in [0.1, 0.15) is 6.54 Å². The number of amides is 1. The molecule has 0 radical (unpaired) electrons. The maximum absolute atomic E-state index is 13.3. The van der Waals surface area contributed by atoms with Gasteiger partial charge < -0.3 is 22.1 Å². The maximum atomic E-state index is 13.3. The largest absolute Gasteiger partial charge is 0.417 e. The van der Waals surface area contributed by atoms with Gasteiger partial charge in [-0.25, -0.2) is 0 Å². The Balaban J connectivity index is 1.92. The highest BCUT2D eigenvalue weighted by Crippen LogP contribution is 2.34. The van der Waals surface area contributed by atoms with E-state index in [0.29, 0.717) is 25.7 Å². The lowest BCUT2D eigenvalue weighted by atomic mass is 9.90. The summed E-state index contributed by atoms with van der Waals surface area (Å²) in [6.45, 7) is -1.43. The molecule has 0 saturated heterocycles. The SMILES string of the molecule is NC#Cc1ccc(NC2CCC(NC(=O)/C(C=NCC(F)(F)F)=C/N)CC2)cc1C(F)(F)F. The van der Waals surface area contributed by atoms with Gasteiger partial charge in [0.05, 0.1) is 11.1 Å². The molecule has 0 bridgehead atoms. The molecule has 0 aliphatic heterocycles. The molecule has 1 fully saturated rings. The van der Waals surface area contributed by atoms with Crippen molar-refractivity contribution in [2.75, 3.05) is 11.9 Å². The Labute approximate surface area is 186 Å². The minimum atomic E-state index is -4.59. The molecule has 12 heteroatoms. The Morgan fingerprint density at radius 2 is 1.76 bits per heavy atom. The summed E-state index contributed by atoms with van der Waals surface area (Å²) in [4.78, 5) is 15.4. The minimum Gasteiger partial charge on any atom is -0.404 e. The van der Waals surface area contributed by atoms with Crippen LogP contribution in [-0.2, 0) is 11.0 Å². The summed E-state index contributed by atoms with van der Waals surface area (Å²) >= 11 is 0. The molecule has 33 heavy (non-hydrogen) atoms. The molecule has 1 amide bonds.